The number of imide groups is 1. The number of benzene rings is 2. The minimum Gasteiger partial charge on any atom is -0.444 e. The zero-order chi connectivity index (χ0) is 43.0. The fraction of sp³-hybridized carbons (Fsp3) is 0.378. The molecule has 62 heavy (non-hydrogen) atoms. The number of piperidine rings is 1. The Kier molecular flexibility index (Phi) is 13.2. The van der Waals surface area contributed by atoms with Crippen LogP contribution in [-0.4, -0.2) is 93.2 Å². The standard InChI is InChI=1S/C45H49N9O8/c46-41(56)40-36(49-42(57)37-27-62-44(50-37)31-16-17-48-32(23-31)11-8-28-6-7-28)26-54(52-40)33-12-9-29(10-13-33)24-47-18-20-61-22-21-60-19-2-4-30-3-1-5-34-35(30)25-53(45(34)59)38-14-15-39(55)51-43(38)58/h1,3,5,9-10,12-13,16-17,23,26-28,38,47H,2,4,6-8,11,14-15,18-22,24-25H2,(H2,46,56)(H,49,57)(H,51,55,58). The number of nitrogens with zero attached hydrogens (tertiary/aromatic N) is 5. The topological polar surface area (TPSA) is 226 Å². The molecule has 1 saturated heterocycles. The van der Waals surface area contributed by atoms with E-state index in [9.17, 15) is 24.0 Å². The average molecular weight is 844 g/mol. The van der Waals surface area contributed by atoms with E-state index in [-0.39, 0.29) is 35.3 Å². The number of nitrogens with one attached hydrogen (secondary N) is 3. The third-order valence-corrected chi connectivity index (χ3v) is 11.2. The zero-order valence-electron chi connectivity index (χ0n) is 34.3. The molecule has 0 radical (unpaired) electrons. The van der Waals surface area contributed by atoms with Gasteiger partial charge in [0.15, 0.2) is 11.4 Å². The Morgan fingerprint density at radius 1 is 0.968 bits per heavy atom. The minimum absolute atomic E-state index is 0.0401. The number of primary amides is 1. The van der Waals surface area contributed by atoms with Gasteiger partial charge in [-0.15, -0.1) is 0 Å². The number of aryl methyl sites for hydroxylation is 2. The van der Waals surface area contributed by atoms with Crippen LogP contribution in [-0.2, 0) is 45.0 Å². The van der Waals surface area contributed by atoms with Crippen molar-refractivity contribution in [1.29, 1.82) is 0 Å². The van der Waals surface area contributed by atoms with Crippen molar-refractivity contribution in [3.05, 3.63) is 113 Å². The van der Waals surface area contributed by atoms with E-state index < -0.39 is 23.8 Å². The third-order valence-electron chi connectivity index (χ3n) is 11.2. The summed E-state index contributed by atoms with van der Waals surface area (Å²) in [5.74, 6) is -1.16. The van der Waals surface area contributed by atoms with Crippen molar-refractivity contribution in [2.45, 2.75) is 70.5 Å². The van der Waals surface area contributed by atoms with Crippen molar-refractivity contribution in [2.75, 3.05) is 38.3 Å². The first kappa shape index (κ1) is 42.1. The summed E-state index contributed by atoms with van der Waals surface area (Å²) in [4.78, 5) is 72.9. The highest BCUT2D eigenvalue weighted by atomic mass is 16.5. The number of nitrogens with two attached hydrogens (primary N) is 1. The first-order valence-corrected chi connectivity index (χ1v) is 21.0. The molecule has 1 saturated carbocycles. The van der Waals surface area contributed by atoms with Gasteiger partial charge in [0.2, 0.25) is 17.7 Å². The maximum absolute atomic E-state index is 13.2. The van der Waals surface area contributed by atoms with Gasteiger partial charge in [-0.2, -0.15) is 5.10 Å². The van der Waals surface area contributed by atoms with Gasteiger partial charge < -0.3 is 35.2 Å². The monoisotopic (exact) mass is 843 g/mol. The van der Waals surface area contributed by atoms with E-state index in [0.717, 1.165) is 59.5 Å². The van der Waals surface area contributed by atoms with Crippen molar-refractivity contribution < 1.29 is 37.9 Å². The van der Waals surface area contributed by atoms with Crippen LogP contribution >= 0.6 is 0 Å². The predicted octanol–water partition coefficient (Wildman–Crippen LogP) is 4.13. The van der Waals surface area contributed by atoms with Crippen LogP contribution in [0.2, 0.25) is 0 Å². The molecule has 5 amide bonds. The summed E-state index contributed by atoms with van der Waals surface area (Å²) >= 11 is 0. The molecule has 2 aromatic carbocycles. The molecule has 1 atom stereocenters. The molecule has 322 valence electrons. The first-order chi connectivity index (χ1) is 30.2. The summed E-state index contributed by atoms with van der Waals surface area (Å²) in [5.41, 5.74) is 11.7. The summed E-state index contributed by atoms with van der Waals surface area (Å²) < 4.78 is 18.6. The predicted molar refractivity (Wildman–Crippen MR) is 225 cm³/mol. The van der Waals surface area contributed by atoms with Gasteiger partial charge in [0.05, 0.1) is 37.4 Å². The summed E-state index contributed by atoms with van der Waals surface area (Å²) in [6.07, 6.45) is 11.1. The lowest BCUT2D eigenvalue weighted by atomic mass is 10.00. The molecule has 1 aliphatic carbocycles. The van der Waals surface area contributed by atoms with E-state index in [1.165, 1.54) is 30.0 Å². The third kappa shape index (κ3) is 10.3. The number of carbonyl (C=O) groups excluding carboxylic acids is 5. The van der Waals surface area contributed by atoms with Crippen LogP contribution in [0.15, 0.2) is 77.7 Å². The van der Waals surface area contributed by atoms with Crippen molar-refractivity contribution in [2.24, 2.45) is 11.7 Å². The van der Waals surface area contributed by atoms with Crippen LogP contribution in [0.25, 0.3) is 17.1 Å². The highest BCUT2D eigenvalue weighted by Gasteiger charge is 2.39. The molecule has 2 aliphatic heterocycles. The highest BCUT2D eigenvalue weighted by Crippen LogP contribution is 2.34. The van der Waals surface area contributed by atoms with E-state index in [1.807, 2.05) is 42.5 Å². The van der Waals surface area contributed by atoms with Crippen LogP contribution in [0.1, 0.15) is 92.2 Å². The Bertz CT molecular complexity index is 2440. The molecule has 2 fully saturated rings. The van der Waals surface area contributed by atoms with Gasteiger partial charge in [0.25, 0.3) is 17.7 Å². The normalized spacial score (nSPS) is 16.1. The van der Waals surface area contributed by atoms with Gasteiger partial charge in [-0.1, -0.05) is 37.1 Å². The maximum atomic E-state index is 13.2. The lowest BCUT2D eigenvalue weighted by Gasteiger charge is -2.29. The highest BCUT2D eigenvalue weighted by molar-refractivity contribution is 6.07. The van der Waals surface area contributed by atoms with Gasteiger partial charge in [0, 0.05) is 55.7 Å². The molecule has 0 spiro atoms. The lowest BCUT2D eigenvalue weighted by Crippen LogP contribution is -2.52. The van der Waals surface area contributed by atoms with Gasteiger partial charge in [-0.25, -0.2) is 9.67 Å². The van der Waals surface area contributed by atoms with Crippen molar-refractivity contribution in [3.63, 3.8) is 0 Å². The van der Waals surface area contributed by atoms with E-state index in [1.54, 1.807) is 23.2 Å². The molecule has 17 heteroatoms. The number of oxazole rings is 1. The Balaban J connectivity index is 0.723. The second kappa shape index (κ2) is 19.4. The van der Waals surface area contributed by atoms with Gasteiger partial charge >= 0.3 is 0 Å². The van der Waals surface area contributed by atoms with Gasteiger partial charge in [0.1, 0.15) is 12.3 Å². The number of ether oxygens (including phenoxy) is 2. The van der Waals surface area contributed by atoms with E-state index >= 15 is 0 Å². The quantitative estimate of drug-likeness (QED) is 0.0605. The second-order valence-electron chi connectivity index (χ2n) is 15.7. The smallest absolute Gasteiger partial charge is 0.277 e. The maximum Gasteiger partial charge on any atom is 0.277 e. The average Bonchev–Trinajstić information content (AvgIpc) is 3.62. The number of amides is 5. The second-order valence-corrected chi connectivity index (χ2v) is 15.7. The molecule has 5 heterocycles. The van der Waals surface area contributed by atoms with Gasteiger partial charge in [-0.3, -0.25) is 34.3 Å². The number of pyridine rings is 1. The van der Waals surface area contributed by atoms with Crippen LogP contribution in [0.3, 0.4) is 0 Å². The molecule has 5 N–H and O–H groups in total. The number of hydrogen-bond donors (Lipinski definition) is 4. The van der Waals surface area contributed by atoms with E-state index in [2.05, 4.69) is 31.0 Å². The SMILES string of the molecule is NC(=O)c1nn(-c2ccc(CNCCOCCOCCCc3cccc4c3CN(C3CCC(=O)NC3=O)C4=O)cc2)cc1NC(=O)c1coc(-c2ccnc(CCC3CC3)c2)n1. The Labute approximate surface area is 357 Å². The Morgan fingerprint density at radius 2 is 1.79 bits per heavy atom. The summed E-state index contributed by atoms with van der Waals surface area (Å²) in [5, 5.41) is 12.7. The van der Waals surface area contributed by atoms with Gasteiger partial charge in [-0.05, 0) is 85.0 Å². The number of hydrogen-bond acceptors (Lipinski definition) is 12. The molecular weight excluding hydrogens is 795 g/mol. The zero-order valence-corrected chi connectivity index (χ0v) is 34.3. The molecule has 3 aliphatic rings. The summed E-state index contributed by atoms with van der Waals surface area (Å²) in [6, 6.07) is 16.3. The Morgan fingerprint density at radius 3 is 2.58 bits per heavy atom. The fourth-order valence-corrected chi connectivity index (χ4v) is 7.70. The van der Waals surface area contributed by atoms with E-state index in [4.69, 9.17) is 19.6 Å². The van der Waals surface area contributed by atoms with Crippen molar-refractivity contribution in [3.8, 4) is 17.1 Å². The molecule has 17 nitrogen and oxygen atoms in total. The van der Waals surface area contributed by atoms with Crippen LogP contribution in [0.4, 0.5) is 5.69 Å². The molecule has 8 rings (SSSR count). The first-order valence-electron chi connectivity index (χ1n) is 21.0. The number of rotatable bonds is 21. The minimum atomic E-state index is -0.793. The number of carbonyl (C=O) groups is 5. The molecular formula is C45H49N9O8. The number of anilines is 1. The van der Waals surface area contributed by atoms with Crippen LogP contribution in [0.5, 0.6) is 0 Å². The molecule has 5 aromatic rings. The molecule has 3 aromatic heterocycles. The van der Waals surface area contributed by atoms with Crippen LogP contribution in [0, 0.1) is 5.92 Å². The molecule has 1 unspecified atom stereocenters. The van der Waals surface area contributed by atoms with E-state index in [0.29, 0.717) is 69.6 Å². The number of aromatic nitrogens is 4. The Hall–Kier alpha value is -6.56. The number of fused-ring (bicyclic) bond motifs is 1. The summed E-state index contributed by atoms with van der Waals surface area (Å²) in [7, 11) is 0. The summed E-state index contributed by atoms with van der Waals surface area (Å²) in [6.45, 7) is 3.57. The van der Waals surface area contributed by atoms with Crippen molar-refractivity contribution in [1.82, 2.24) is 35.3 Å². The van der Waals surface area contributed by atoms with Crippen LogP contribution < -0.4 is 21.7 Å². The largest absolute Gasteiger partial charge is 0.444 e. The lowest BCUT2D eigenvalue weighted by molar-refractivity contribution is -0.136. The van der Waals surface area contributed by atoms with Crippen molar-refractivity contribution >= 4 is 35.2 Å². The fourth-order valence-electron chi connectivity index (χ4n) is 7.70. The molecule has 0 bridgehead atoms.